The van der Waals surface area contributed by atoms with Gasteiger partial charge >= 0.3 is 0 Å². The van der Waals surface area contributed by atoms with E-state index in [0.29, 0.717) is 13.1 Å². The summed E-state index contributed by atoms with van der Waals surface area (Å²) in [7, 11) is 3.83. The third-order valence-electron chi connectivity index (χ3n) is 3.01. The molecule has 0 aliphatic rings. The number of nitrogens with one attached hydrogen (secondary N) is 1. The second-order valence-electron chi connectivity index (χ2n) is 4.67. The highest BCUT2D eigenvalue weighted by molar-refractivity contribution is 5.53. The summed E-state index contributed by atoms with van der Waals surface area (Å²) in [6.07, 6.45) is 0. The van der Waals surface area contributed by atoms with Crippen LogP contribution in [-0.2, 0) is 13.1 Å². The number of hydrogen-bond acceptors (Lipinski definition) is 3. The maximum absolute atomic E-state index is 13.3. The summed E-state index contributed by atoms with van der Waals surface area (Å²) < 4.78 is 18.9. The Kier molecular flexibility index (Phi) is 4.22. The molecule has 0 atom stereocenters. The molecule has 1 aromatic heterocycles. The molecular formula is C15H19FN2O. The zero-order valence-electron chi connectivity index (χ0n) is 11.5. The molecule has 0 saturated heterocycles. The number of aryl methyl sites for hydroxylation is 1. The van der Waals surface area contributed by atoms with Gasteiger partial charge in [-0.1, -0.05) is 0 Å². The smallest absolute Gasteiger partial charge is 0.123 e. The molecule has 4 heteroatoms. The lowest BCUT2D eigenvalue weighted by Gasteiger charge is -2.21. The average molecular weight is 262 g/mol. The summed E-state index contributed by atoms with van der Waals surface area (Å²) in [5.74, 6) is 1.59. The summed E-state index contributed by atoms with van der Waals surface area (Å²) in [4.78, 5) is 2.06. The first-order valence-electron chi connectivity index (χ1n) is 6.29. The topological polar surface area (TPSA) is 28.4 Å². The van der Waals surface area contributed by atoms with E-state index >= 15 is 0 Å². The Balaban J connectivity index is 2.20. The molecule has 1 heterocycles. The molecule has 19 heavy (non-hydrogen) atoms. The number of halogens is 1. The summed E-state index contributed by atoms with van der Waals surface area (Å²) in [5.41, 5.74) is 1.94. The van der Waals surface area contributed by atoms with Crippen molar-refractivity contribution < 1.29 is 8.81 Å². The standard InChI is InChI=1S/C15H19FN2O/c1-11-4-6-14(19-11)10-18(3)15-7-5-13(16)8-12(15)9-17-2/h4-8,17H,9-10H2,1-3H3. The lowest BCUT2D eigenvalue weighted by atomic mass is 10.1. The van der Waals surface area contributed by atoms with Gasteiger partial charge in [-0.15, -0.1) is 0 Å². The highest BCUT2D eigenvalue weighted by Crippen LogP contribution is 2.22. The molecule has 0 aliphatic carbocycles. The van der Waals surface area contributed by atoms with Crippen LogP contribution in [0.15, 0.2) is 34.7 Å². The molecule has 0 aliphatic heterocycles. The van der Waals surface area contributed by atoms with Crippen molar-refractivity contribution >= 4 is 5.69 Å². The van der Waals surface area contributed by atoms with E-state index in [-0.39, 0.29) is 5.82 Å². The number of furan rings is 1. The zero-order valence-corrected chi connectivity index (χ0v) is 11.5. The van der Waals surface area contributed by atoms with Gasteiger partial charge in [0.15, 0.2) is 0 Å². The molecule has 0 fully saturated rings. The van der Waals surface area contributed by atoms with Gasteiger partial charge < -0.3 is 14.6 Å². The normalized spacial score (nSPS) is 10.7. The van der Waals surface area contributed by atoms with Crippen molar-refractivity contribution in [2.45, 2.75) is 20.0 Å². The van der Waals surface area contributed by atoms with Gasteiger partial charge in [0, 0.05) is 19.3 Å². The Bertz CT molecular complexity index is 551. The van der Waals surface area contributed by atoms with Gasteiger partial charge in [-0.3, -0.25) is 0 Å². The molecule has 1 aromatic carbocycles. The van der Waals surface area contributed by atoms with Gasteiger partial charge in [-0.05, 0) is 49.9 Å². The van der Waals surface area contributed by atoms with E-state index in [0.717, 1.165) is 22.8 Å². The van der Waals surface area contributed by atoms with Crippen LogP contribution >= 0.6 is 0 Å². The van der Waals surface area contributed by atoms with Crippen molar-refractivity contribution in [3.05, 3.63) is 53.2 Å². The third kappa shape index (κ3) is 3.35. The van der Waals surface area contributed by atoms with Crippen LogP contribution < -0.4 is 10.2 Å². The molecule has 0 spiro atoms. The van der Waals surface area contributed by atoms with E-state index in [4.69, 9.17) is 4.42 Å². The van der Waals surface area contributed by atoms with Crippen molar-refractivity contribution in [2.24, 2.45) is 0 Å². The number of rotatable bonds is 5. The molecular weight excluding hydrogens is 243 g/mol. The average Bonchev–Trinajstić information content (AvgIpc) is 2.75. The first-order chi connectivity index (χ1) is 9.10. The first kappa shape index (κ1) is 13.6. The van der Waals surface area contributed by atoms with Crippen molar-refractivity contribution in [1.29, 1.82) is 0 Å². The van der Waals surface area contributed by atoms with E-state index in [1.165, 1.54) is 6.07 Å². The Hall–Kier alpha value is -1.81. The highest BCUT2D eigenvalue weighted by Gasteiger charge is 2.10. The molecule has 0 unspecified atom stereocenters. The number of benzene rings is 1. The van der Waals surface area contributed by atoms with Gasteiger partial charge in [0.1, 0.15) is 17.3 Å². The van der Waals surface area contributed by atoms with Gasteiger partial charge in [0.25, 0.3) is 0 Å². The second kappa shape index (κ2) is 5.89. The minimum atomic E-state index is -0.212. The molecule has 2 aromatic rings. The second-order valence-corrected chi connectivity index (χ2v) is 4.67. The van der Waals surface area contributed by atoms with E-state index in [2.05, 4.69) is 10.2 Å². The number of anilines is 1. The molecule has 1 N–H and O–H groups in total. The Morgan fingerprint density at radius 2 is 2.05 bits per heavy atom. The molecule has 0 radical (unpaired) electrons. The molecule has 0 amide bonds. The predicted molar refractivity (Wildman–Crippen MR) is 74.7 cm³/mol. The van der Waals surface area contributed by atoms with Crippen LogP contribution in [0.25, 0.3) is 0 Å². The molecule has 0 bridgehead atoms. The predicted octanol–water partition coefficient (Wildman–Crippen LogP) is 3.08. The fraction of sp³-hybridized carbons (Fsp3) is 0.333. The number of nitrogens with zero attached hydrogens (tertiary/aromatic N) is 1. The van der Waals surface area contributed by atoms with Crippen molar-refractivity contribution in [2.75, 3.05) is 19.0 Å². The zero-order chi connectivity index (χ0) is 13.8. The van der Waals surface area contributed by atoms with Crippen LogP contribution in [0.1, 0.15) is 17.1 Å². The monoisotopic (exact) mass is 262 g/mol. The molecule has 2 rings (SSSR count). The van der Waals surface area contributed by atoms with Crippen LogP contribution in [0.4, 0.5) is 10.1 Å². The SMILES string of the molecule is CNCc1cc(F)ccc1N(C)Cc1ccc(C)o1. The van der Waals surface area contributed by atoms with Crippen LogP contribution in [-0.4, -0.2) is 14.1 Å². The summed E-state index contributed by atoms with van der Waals surface area (Å²) in [6, 6.07) is 8.77. The van der Waals surface area contributed by atoms with E-state index in [9.17, 15) is 4.39 Å². The van der Waals surface area contributed by atoms with Crippen LogP contribution in [0.5, 0.6) is 0 Å². The van der Waals surface area contributed by atoms with E-state index in [1.807, 2.05) is 33.2 Å². The van der Waals surface area contributed by atoms with Crippen molar-refractivity contribution in [3.8, 4) is 0 Å². The van der Waals surface area contributed by atoms with E-state index in [1.54, 1.807) is 12.1 Å². The lowest BCUT2D eigenvalue weighted by Crippen LogP contribution is -2.19. The van der Waals surface area contributed by atoms with Crippen molar-refractivity contribution in [1.82, 2.24) is 5.32 Å². The lowest BCUT2D eigenvalue weighted by molar-refractivity contribution is 0.481. The minimum absolute atomic E-state index is 0.212. The number of hydrogen-bond donors (Lipinski definition) is 1. The molecule has 0 saturated carbocycles. The maximum Gasteiger partial charge on any atom is 0.123 e. The quantitative estimate of drug-likeness (QED) is 0.897. The Morgan fingerprint density at radius 1 is 1.26 bits per heavy atom. The van der Waals surface area contributed by atoms with Crippen LogP contribution in [0.3, 0.4) is 0 Å². The van der Waals surface area contributed by atoms with Crippen LogP contribution in [0, 0.1) is 12.7 Å². The Morgan fingerprint density at radius 3 is 2.68 bits per heavy atom. The summed E-state index contributed by atoms with van der Waals surface area (Å²) >= 11 is 0. The fourth-order valence-electron chi connectivity index (χ4n) is 2.15. The molecule has 102 valence electrons. The minimum Gasteiger partial charge on any atom is -0.464 e. The van der Waals surface area contributed by atoms with Gasteiger partial charge in [-0.25, -0.2) is 4.39 Å². The maximum atomic E-state index is 13.3. The van der Waals surface area contributed by atoms with Gasteiger partial charge in [0.2, 0.25) is 0 Å². The Labute approximate surface area is 113 Å². The summed E-state index contributed by atoms with van der Waals surface area (Å²) in [6.45, 7) is 3.22. The first-order valence-corrected chi connectivity index (χ1v) is 6.29. The van der Waals surface area contributed by atoms with Crippen LogP contribution in [0.2, 0.25) is 0 Å². The van der Waals surface area contributed by atoms with Gasteiger partial charge in [0.05, 0.1) is 6.54 Å². The largest absolute Gasteiger partial charge is 0.464 e. The van der Waals surface area contributed by atoms with E-state index < -0.39 is 0 Å². The van der Waals surface area contributed by atoms with Gasteiger partial charge in [-0.2, -0.15) is 0 Å². The van der Waals surface area contributed by atoms with Crippen molar-refractivity contribution in [3.63, 3.8) is 0 Å². The third-order valence-corrected chi connectivity index (χ3v) is 3.01. The fourth-order valence-corrected chi connectivity index (χ4v) is 2.15. The molecule has 3 nitrogen and oxygen atoms in total. The summed E-state index contributed by atoms with van der Waals surface area (Å²) in [5, 5.41) is 3.06. The highest BCUT2D eigenvalue weighted by atomic mass is 19.1.